The highest BCUT2D eigenvalue weighted by Crippen LogP contribution is 2.43. The third-order valence-electron chi connectivity index (χ3n) is 5.00. The molecule has 0 radical (unpaired) electrons. The molecular formula is C19H18FN3O2. The molecule has 0 atom stereocenters. The molecule has 128 valence electrons. The largest absolute Gasteiger partial charge is 0.493 e. The summed E-state index contributed by atoms with van der Waals surface area (Å²) >= 11 is 0. The Morgan fingerprint density at radius 3 is 2.80 bits per heavy atom. The molecule has 1 aliphatic rings. The first-order chi connectivity index (χ1) is 12.0. The third kappa shape index (κ3) is 2.41. The van der Waals surface area contributed by atoms with E-state index in [1.165, 1.54) is 6.07 Å². The van der Waals surface area contributed by atoms with E-state index in [1.807, 2.05) is 19.2 Å². The van der Waals surface area contributed by atoms with Gasteiger partial charge in [-0.3, -0.25) is 0 Å². The summed E-state index contributed by atoms with van der Waals surface area (Å²) in [5.74, 6) is -0.458. The molecular weight excluding hydrogens is 321 g/mol. The van der Waals surface area contributed by atoms with Crippen LogP contribution in [0.25, 0.3) is 22.0 Å². The maximum Gasteiger partial charge on any atom is 0.219 e. The number of benzene rings is 2. The van der Waals surface area contributed by atoms with Gasteiger partial charge >= 0.3 is 0 Å². The van der Waals surface area contributed by atoms with Crippen molar-refractivity contribution in [2.24, 2.45) is 5.18 Å². The molecule has 3 aromatic rings. The first-order valence-electron chi connectivity index (χ1n) is 8.17. The summed E-state index contributed by atoms with van der Waals surface area (Å²) in [7, 11) is 2.03. The van der Waals surface area contributed by atoms with Crippen molar-refractivity contribution in [1.82, 2.24) is 9.88 Å². The Morgan fingerprint density at radius 1 is 1.28 bits per heavy atom. The molecule has 6 heteroatoms. The summed E-state index contributed by atoms with van der Waals surface area (Å²) in [5, 5.41) is 13.6. The van der Waals surface area contributed by atoms with Crippen LogP contribution < -0.4 is 0 Å². The number of nitrogens with one attached hydrogen (secondary N) is 1. The normalized spacial score (nSPS) is 14.7. The third-order valence-corrected chi connectivity index (χ3v) is 5.00. The number of hydrogen-bond acceptors (Lipinski definition) is 4. The second-order valence-corrected chi connectivity index (χ2v) is 6.67. The molecule has 0 aliphatic carbocycles. The molecule has 2 N–H and O–H groups in total. The number of H-pyrrole nitrogens is 1. The van der Waals surface area contributed by atoms with E-state index in [0.29, 0.717) is 17.5 Å². The molecule has 0 bridgehead atoms. The van der Waals surface area contributed by atoms with Gasteiger partial charge in [-0.05, 0) is 71.6 Å². The maximum atomic E-state index is 13.7. The molecule has 0 saturated heterocycles. The van der Waals surface area contributed by atoms with Gasteiger partial charge in [0.2, 0.25) is 5.88 Å². The minimum absolute atomic E-state index is 0.0195. The van der Waals surface area contributed by atoms with Crippen molar-refractivity contribution in [2.75, 3.05) is 13.6 Å². The van der Waals surface area contributed by atoms with E-state index in [4.69, 9.17) is 0 Å². The lowest BCUT2D eigenvalue weighted by Gasteiger charge is -2.27. The fourth-order valence-electron chi connectivity index (χ4n) is 3.69. The van der Waals surface area contributed by atoms with Crippen molar-refractivity contribution in [3.63, 3.8) is 0 Å². The number of likely N-dealkylation sites (N-methyl/N-ethyl adjacent to an activating group) is 1. The van der Waals surface area contributed by atoms with Crippen LogP contribution in [-0.4, -0.2) is 28.6 Å². The standard InChI is InChI=1S/C19H18FN3O2/c1-10-7-11(3-4-16(10)20)13-8-14-17(21-19(24)18(14)22-25)15-9-23(2)6-5-12(13)15/h3-4,7-8,21,24H,5-6,9H2,1-2H3. The SMILES string of the molecule is Cc1cc(-c2cc3c(N=O)c(O)[nH]c3c3c2CCN(C)C3)ccc1F. The molecule has 0 spiro atoms. The second kappa shape index (κ2) is 5.67. The van der Waals surface area contributed by atoms with Crippen molar-refractivity contribution in [3.05, 3.63) is 51.7 Å². The van der Waals surface area contributed by atoms with Crippen molar-refractivity contribution in [1.29, 1.82) is 0 Å². The molecule has 1 aromatic heterocycles. The summed E-state index contributed by atoms with van der Waals surface area (Å²) in [6, 6.07) is 6.90. The van der Waals surface area contributed by atoms with Gasteiger partial charge in [0.25, 0.3) is 0 Å². The molecule has 2 heterocycles. The Kier molecular flexibility index (Phi) is 3.58. The van der Waals surface area contributed by atoms with Crippen LogP contribution in [0.2, 0.25) is 0 Å². The summed E-state index contributed by atoms with van der Waals surface area (Å²) < 4.78 is 13.7. The molecule has 5 nitrogen and oxygen atoms in total. The van der Waals surface area contributed by atoms with E-state index in [-0.39, 0.29) is 17.4 Å². The zero-order chi connectivity index (χ0) is 17.7. The lowest BCUT2D eigenvalue weighted by atomic mass is 9.88. The molecule has 0 saturated carbocycles. The van der Waals surface area contributed by atoms with Gasteiger partial charge in [0, 0.05) is 18.5 Å². The second-order valence-electron chi connectivity index (χ2n) is 6.67. The summed E-state index contributed by atoms with van der Waals surface area (Å²) in [6.45, 7) is 3.35. The number of hydrogen-bond donors (Lipinski definition) is 2. The van der Waals surface area contributed by atoms with Gasteiger partial charge in [-0.15, -0.1) is 4.91 Å². The Morgan fingerprint density at radius 2 is 2.08 bits per heavy atom. The van der Waals surface area contributed by atoms with Crippen LogP contribution in [0.15, 0.2) is 29.4 Å². The number of rotatable bonds is 2. The Balaban J connectivity index is 2.06. The number of aromatic hydroxyl groups is 1. The Labute approximate surface area is 144 Å². The molecule has 2 aromatic carbocycles. The smallest absolute Gasteiger partial charge is 0.219 e. The number of nitroso groups, excluding NO2 is 1. The quantitative estimate of drug-likeness (QED) is 0.681. The van der Waals surface area contributed by atoms with Gasteiger partial charge in [-0.2, -0.15) is 0 Å². The van der Waals surface area contributed by atoms with E-state index in [1.54, 1.807) is 13.0 Å². The molecule has 0 fully saturated rings. The first-order valence-corrected chi connectivity index (χ1v) is 8.17. The molecule has 25 heavy (non-hydrogen) atoms. The van der Waals surface area contributed by atoms with Crippen molar-refractivity contribution >= 4 is 16.6 Å². The number of aryl methyl sites for hydroxylation is 1. The van der Waals surface area contributed by atoms with Crippen molar-refractivity contribution in [3.8, 4) is 17.0 Å². The monoisotopic (exact) mass is 339 g/mol. The number of halogens is 1. The number of nitrogens with zero attached hydrogens (tertiary/aromatic N) is 2. The fraction of sp³-hybridized carbons (Fsp3) is 0.263. The highest BCUT2D eigenvalue weighted by Gasteiger charge is 2.24. The lowest BCUT2D eigenvalue weighted by molar-refractivity contribution is 0.314. The summed E-state index contributed by atoms with van der Waals surface area (Å²) in [6.07, 6.45) is 0.844. The van der Waals surface area contributed by atoms with Crippen LogP contribution in [0.1, 0.15) is 16.7 Å². The Bertz CT molecular complexity index is 1010. The number of aromatic amines is 1. The minimum Gasteiger partial charge on any atom is -0.493 e. The van der Waals surface area contributed by atoms with E-state index in [2.05, 4.69) is 15.1 Å². The highest BCUT2D eigenvalue weighted by atomic mass is 19.1. The van der Waals surface area contributed by atoms with Gasteiger partial charge < -0.3 is 15.0 Å². The molecule has 0 unspecified atom stereocenters. The first kappa shape index (κ1) is 15.8. The lowest BCUT2D eigenvalue weighted by Crippen LogP contribution is -2.27. The highest BCUT2D eigenvalue weighted by molar-refractivity contribution is 6.00. The maximum absolute atomic E-state index is 13.7. The fourth-order valence-corrected chi connectivity index (χ4v) is 3.69. The zero-order valence-corrected chi connectivity index (χ0v) is 14.1. The average molecular weight is 339 g/mol. The molecule has 1 aliphatic heterocycles. The van der Waals surface area contributed by atoms with Crippen molar-refractivity contribution < 1.29 is 9.50 Å². The van der Waals surface area contributed by atoms with Crippen LogP contribution in [-0.2, 0) is 13.0 Å². The van der Waals surface area contributed by atoms with Crippen LogP contribution in [0, 0.1) is 17.6 Å². The molecule has 4 rings (SSSR count). The van der Waals surface area contributed by atoms with Gasteiger partial charge in [0.05, 0.1) is 5.52 Å². The zero-order valence-electron chi connectivity index (χ0n) is 14.1. The predicted octanol–water partition coefficient (Wildman–Crippen LogP) is 4.37. The van der Waals surface area contributed by atoms with E-state index in [9.17, 15) is 14.4 Å². The van der Waals surface area contributed by atoms with Gasteiger partial charge in [0.15, 0.2) is 5.69 Å². The minimum atomic E-state index is -0.243. The van der Waals surface area contributed by atoms with Crippen LogP contribution in [0.4, 0.5) is 10.1 Å². The summed E-state index contributed by atoms with van der Waals surface area (Å²) in [5.41, 5.74) is 5.41. The van der Waals surface area contributed by atoms with E-state index < -0.39 is 0 Å². The number of fused-ring (bicyclic) bond motifs is 3. The van der Waals surface area contributed by atoms with Crippen LogP contribution in [0.5, 0.6) is 5.88 Å². The topological polar surface area (TPSA) is 68.7 Å². The van der Waals surface area contributed by atoms with Crippen LogP contribution in [0.3, 0.4) is 0 Å². The van der Waals surface area contributed by atoms with Gasteiger partial charge in [-0.1, -0.05) is 6.07 Å². The number of aromatic nitrogens is 1. The van der Waals surface area contributed by atoms with E-state index in [0.717, 1.165) is 40.7 Å². The van der Waals surface area contributed by atoms with Crippen LogP contribution >= 0.6 is 0 Å². The Hall–Kier alpha value is -2.73. The van der Waals surface area contributed by atoms with Crippen molar-refractivity contribution in [2.45, 2.75) is 19.9 Å². The van der Waals surface area contributed by atoms with Gasteiger partial charge in [0.1, 0.15) is 5.82 Å². The summed E-state index contributed by atoms with van der Waals surface area (Å²) in [4.78, 5) is 16.3. The van der Waals surface area contributed by atoms with E-state index >= 15 is 0 Å². The molecule has 0 amide bonds. The predicted molar refractivity (Wildman–Crippen MR) is 95.6 cm³/mol. The van der Waals surface area contributed by atoms with Gasteiger partial charge in [-0.25, -0.2) is 4.39 Å². The average Bonchev–Trinajstić information content (AvgIpc) is 2.92.